The first-order chi connectivity index (χ1) is 4.55. The van der Waals surface area contributed by atoms with Crippen molar-refractivity contribution in [2.24, 2.45) is 11.8 Å². The molecule has 10 heavy (non-hydrogen) atoms. The minimum absolute atomic E-state index is 0.185. The summed E-state index contributed by atoms with van der Waals surface area (Å²) in [6.45, 7) is 8.43. The van der Waals surface area contributed by atoms with Crippen LogP contribution >= 0.6 is 0 Å². The molecule has 0 aliphatic heterocycles. The molecule has 0 radical (unpaired) electrons. The summed E-state index contributed by atoms with van der Waals surface area (Å²) in [7, 11) is 0. The second kappa shape index (κ2) is 2.39. The Bertz CT molecular complexity index is 152. The lowest BCUT2D eigenvalue weighted by molar-refractivity contribution is 0.147. The molecule has 0 saturated heterocycles. The molecule has 1 nitrogen and oxygen atoms in total. The molecule has 1 heteroatoms. The first-order valence-corrected chi connectivity index (χ1v) is 3.91. The van der Waals surface area contributed by atoms with E-state index in [9.17, 15) is 5.11 Å². The third-order valence-electron chi connectivity index (χ3n) is 3.04. The Morgan fingerprint density at radius 1 is 1.10 bits per heavy atom. The largest absolute Gasteiger partial charge is 0.388 e. The molecular formula is C9H16O. The van der Waals surface area contributed by atoms with E-state index in [2.05, 4.69) is 20.8 Å². The van der Waals surface area contributed by atoms with Crippen LogP contribution in [0.2, 0.25) is 0 Å². The number of rotatable bonds is 0. The maximum atomic E-state index is 9.55. The highest BCUT2D eigenvalue weighted by atomic mass is 16.3. The number of allylic oxidation sites excluding steroid dienone is 1. The lowest BCUT2D eigenvalue weighted by Gasteiger charge is -2.14. The monoisotopic (exact) mass is 140 g/mol. The summed E-state index contributed by atoms with van der Waals surface area (Å²) in [6.07, 6.45) is -0.185. The van der Waals surface area contributed by atoms with Crippen LogP contribution in [-0.2, 0) is 0 Å². The highest BCUT2D eigenvalue weighted by Crippen LogP contribution is 2.35. The van der Waals surface area contributed by atoms with Crippen molar-refractivity contribution in [3.05, 3.63) is 11.1 Å². The van der Waals surface area contributed by atoms with Gasteiger partial charge in [0.2, 0.25) is 0 Å². The smallest absolute Gasteiger partial charge is 0.0781 e. The summed E-state index contributed by atoms with van der Waals surface area (Å²) in [6, 6.07) is 0. The molecule has 1 aliphatic rings. The van der Waals surface area contributed by atoms with Gasteiger partial charge in [-0.05, 0) is 31.3 Å². The first kappa shape index (κ1) is 7.80. The van der Waals surface area contributed by atoms with Gasteiger partial charge in [-0.3, -0.25) is 0 Å². The van der Waals surface area contributed by atoms with Crippen LogP contribution in [0.1, 0.15) is 27.7 Å². The molecule has 0 heterocycles. The molecule has 0 amide bonds. The third kappa shape index (κ3) is 0.891. The standard InChI is InChI=1S/C9H16O/c1-5-6(2)8(4)9(10)7(5)3/h5,7,9-10H,1-4H3. The fourth-order valence-corrected chi connectivity index (χ4v) is 1.65. The number of aliphatic hydroxyl groups excluding tert-OH is 1. The maximum Gasteiger partial charge on any atom is 0.0781 e. The lowest BCUT2D eigenvalue weighted by atomic mass is 9.95. The molecule has 0 spiro atoms. The molecule has 0 saturated carbocycles. The van der Waals surface area contributed by atoms with Crippen molar-refractivity contribution < 1.29 is 5.11 Å². The number of hydrogen-bond acceptors (Lipinski definition) is 1. The van der Waals surface area contributed by atoms with E-state index in [0.717, 1.165) is 0 Å². The average molecular weight is 140 g/mol. The zero-order valence-corrected chi connectivity index (χ0v) is 7.18. The molecule has 0 aromatic carbocycles. The SMILES string of the molecule is CC1=C(C)C(O)C(C)C1C. The van der Waals surface area contributed by atoms with Crippen LogP contribution in [0.5, 0.6) is 0 Å². The predicted molar refractivity (Wildman–Crippen MR) is 42.7 cm³/mol. The van der Waals surface area contributed by atoms with Gasteiger partial charge < -0.3 is 5.11 Å². The van der Waals surface area contributed by atoms with Crippen molar-refractivity contribution in [1.29, 1.82) is 0 Å². The molecule has 0 aromatic rings. The van der Waals surface area contributed by atoms with Gasteiger partial charge in [0.15, 0.2) is 0 Å². The van der Waals surface area contributed by atoms with Gasteiger partial charge in [0.25, 0.3) is 0 Å². The fraction of sp³-hybridized carbons (Fsp3) is 0.778. The molecule has 1 aliphatic carbocycles. The Kier molecular flexibility index (Phi) is 1.86. The number of aliphatic hydroxyl groups is 1. The molecular weight excluding hydrogens is 124 g/mol. The van der Waals surface area contributed by atoms with Crippen LogP contribution in [0.15, 0.2) is 11.1 Å². The zero-order chi connectivity index (χ0) is 7.89. The minimum atomic E-state index is -0.185. The van der Waals surface area contributed by atoms with E-state index in [4.69, 9.17) is 0 Å². The zero-order valence-electron chi connectivity index (χ0n) is 7.18. The van der Waals surface area contributed by atoms with Gasteiger partial charge >= 0.3 is 0 Å². The minimum Gasteiger partial charge on any atom is -0.388 e. The highest BCUT2D eigenvalue weighted by molar-refractivity contribution is 5.24. The van der Waals surface area contributed by atoms with Crippen molar-refractivity contribution in [3.63, 3.8) is 0 Å². The van der Waals surface area contributed by atoms with Crippen molar-refractivity contribution in [2.75, 3.05) is 0 Å². The predicted octanol–water partition coefficient (Wildman–Crippen LogP) is 1.97. The van der Waals surface area contributed by atoms with E-state index in [0.29, 0.717) is 11.8 Å². The summed E-state index contributed by atoms with van der Waals surface area (Å²) < 4.78 is 0. The normalized spacial score (nSPS) is 41.1. The molecule has 3 unspecified atom stereocenters. The van der Waals surface area contributed by atoms with E-state index < -0.39 is 0 Å². The Hall–Kier alpha value is -0.300. The summed E-state index contributed by atoms with van der Waals surface area (Å²) in [5.74, 6) is 0.981. The first-order valence-electron chi connectivity index (χ1n) is 3.91. The fourth-order valence-electron chi connectivity index (χ4n) is 1.65. The van der Waals surface area contributed by atoms with Gasteiger partial charge in [0.1, 0.15) is 0 Å². The van der Waals surface area contributed by atoms with Gasteiger partial charge in [-0.15, -0.1) is 0 Å². The van der Waals surface area contributed by atoms with E-state index in [-0.39, 0.29) is 6.10 Å². The Balaban J connectivity index is 2.88. The molecule has 58 valence electrons. The summed E-state index contributed by atoms with van der Waals surface area (Å²) >= 11 is 0. The lowest BCUT2D eigenvalue weighted by Crippen LogP contribution is -2.16. The van der Waals surface area contributed by atoms with E-state index in [1.165, 1.54) is 11.1 Å². The van der Waals surface area contributed by atoms with Gasteiger partial charge in [-0.25, -0.2) is 0 Å². The van der Waals surface area contributed by atoms with Gasteiger partial charge in [0.05, 0.1) is 6.10 Å². The Morgan fingerprint density at radius 3 is 1.70 bits per heavy atom. The van der Waals surface area contributed by atoms with Crippen LogP contribution in [0, 0.1) is 11.8 Å². The van der Waals surface area contributed by atoms with Crippen LogP contribution in [0.4, 0.5) is 0 Å². The molecule has 1 N–H and O–H groups in total. The summed E-state index contributed by atoms with van der Waals surface area (Å²) in [4.78, 5) is 0. The summed E-state index contributed by atoms with van der Waals surface area (Å²) in [5.41, 5.74) is 2.56. The molecule has 1 rings (SSSR count). The van der Waals surface area contributed by atoms with E-state index >= 15 is 0 Å². The average Bonchev–Trinajstić information content (AvgIpc) is 2.07. The second-order valence-corrected chi connectivity index (χ2v) is 3.46. The van der Waals surface area contributed by atoms with Crippen molar-refractivity contribution >= 4 is 0 Å². The van der Waals surface area contributed by atoms with Crippen LogP contribution in [0.3, 0.4) is 0 Å². The maximum absolute atomic E-state index is 9.55. The number of hydrogen-bond donors (Lipinski definition) is 1. The van der Waals surface area contributed by atoms with Crippen molar-refractivity contribution in [1.82, 2.24) is 0 Å². The van der Waals surface area contributed by atoms with Crippen LogP contribution in [-0.4, -0.2) is 11.2 Å². The molecule has 0 bridgehead atoms. The molecule has 0 fully saturated rings. The highest BCUT2D eigenvalue weighted by Gasteiger charge is 2.31. The second-order valence-electron chi connectivity index (χ2n) is 3.46. The van der Waals surface area contributed by atoms with E-state index in [1.807, 2.05) is 6.92 Å². The Labute approximate surface area is 62.8 Å². The third-order valence-corrected chi connectivity index (χ3v) is 3.04. The van der Waals surface area contributed by atoms with E-state index in [1.54, 1.807) is 0 Å². The van der Waals surface area contributed by atoms with Crippen molar-refractivity contribution in [3.8, 4) is 0 Å². The topological polar surface area (TPSA) is 20.2 Å². The van der Waals surface area contributed by atoms with Gasteiger partial charge in [-0.1, -0.05) is 19.4 Å². The molecule has 3 atom stereocenters. The summed E-state index contributed by atoms with van der Waals surface area (Å²) in [5, 5.41) is 9.55. The van der Waals surface area contributed by atoms with Crippen LogP contribution < -0.4 is 0 Å². The van der Waals surface area contributed by atoms with Gasteiger partial charge in [-0.2, -0.15) is 0 Å². The molecule has 0 aromatic heterocycles. The quantitative estimate of drug-likeness (QED) is 0.510. The van der Waals surface area contributed by atoms with Crippen LogP contribution in [0.25, 0.3) is 0 Å². The van der Waals surface area contributed by atoms with Crippen molar-refractivity contribution in [2.45, 2.75) is 33.8 Å². The Morgan fingerprint density at radius 2 is 1.60 bits per heavy atom. The van der Waals surface area contributed by atoms with Gasteiger partial charge in [0, 0.05) is 0 Å².